The molecule has 2 unspecified atom stereocenters. The van der Waals surface area contributed by atoms with Gasteiger partial charge in [0.15, 0.2) is 0 Å². The highest BCUT2D eigenvalue weighted by Gasteiger charge is 2.44. The summed E-state index contributed by atoms with van der Waals surface area (Å²) in [4.78, 5) is 10.8. The van der Waals surface area contributed by atoms with Crippen LogP contribution >= 0.6 is 11.6 Å². The number of allylic oxidation sites excluding steroid dienone is 2. The number of halogens is 1. The Morgan fingerprint density at radius 3 is 2.82 bits per heavy atom. The average Bonchev–Trinajstić information content (AvgIpc) is 2.82. The van der Waals surface area contributed by atoms with Crippen molar-refractivity contribution in [3.05, 3.63) is 35.7 Å². The van der Waals surface area contributed by atoms with Crippen molar-refractivity contribution in [3.8, 4) is 0 Å². The summed E-state index contributed by atoms with van der Waals surface area (Å²) >= 11 is 6.75. The molecule has 2 heterocycles. The third kappa shape index (κ3) is 4.59. The van der Waals surface area contributed by atoms with Gasteiger partial charge in [-0.1, -0.05) is 13.0 Å². The van der Waals surface area contributed by atoms with Crippen molar-refractivity contribution in [1.29, 1.82) is 0 Å². The molecule has 1 saturated heterocycles. The molecule has 2 aliphatic rings. The summed E-state index contributed by atoms with van der Waals surface area (Å²) in [6.45, 7) is 5.78. The Kier molecular flexibility index (Phi) is 5.88. The lowest BCUT2D eigenvalue weighted by Gasteiger charge is -2.45. The van der Waals surface area contributed by atoms with Gasteiger partial charge in [0.2, 0.25) is 16.0 Å². The van der Waals surface area contributed by atoms with Gasteiger partial charge in [-0.05, 0) is 25.5 Å². The van der Waals surface area contributed by atoms with Crippen molar-refractivity contribution in [2.75, 3.05) is 36.6 Å². The summed E-state index contributed by atoms with van der Waals surface area (Å²) in [5, 5.41) is -0.448. The molecule has 1 aromatic heterocycles. The number of nitrogens with two attached hydrogens (primary N) is 1. The molecule has 3 rings (SSSR count). The predicted molar refractivity (Wildman–Crippen MR) is 111 cm³/mol. The van der Waals surface area contributed by atoms with Crippen LogP contribution in [0.25, 0.3) is 0 Å². The highest BCUT2D eigenvalue weighted by atomic mass is 35.5. The molecule has 3 N–H and O–H groups in total. The largest absolute Gasteiger partial charge is 0.379 e. The molecule has 28 heavy (non-hydrogen) atoms. The van der Waals surface area contributed by atoms with E-state index in [0.717, 1.165) is 30.7 Å². The van der Waals surface area contributed by atoms with Gasteiger partial charge in [-0.25, -0.2) is 13.4 Å². The third-order valence-corrected chi connectivity index (χ3v) is 6.26. The molecule has 8 nitrogen and oxygen atoms in total. The Morgan fingerprint density at radius 1 is 1.43 bits per heavy atom. The molecule has 0 saturated carbocycles. The van der Waals surface area contributed by atoms with E-state index in [4.69, 9.17) is 22.1 Å². The Morgan fingerprint density at radius 2 is 2.18 bits per heavy atom. The molecule has 0 amide bonds. The van der Waals surface area contributed by atoms with Gasteiger partial charge in [-0.3, -0.25) is 4.72 Å². The molecule has 1 aromatic rings. The van der Waals surface area contributed by atoms with Crippen LogP contribution < -0.4 is 15.4 Å². The molecule has 0 aromatic carbocycles. The van der Waals surface area contributed by atoms with Crippen LogP contribution in [0.5, 0.6) is 0 Å². The van der Waals surface area contributed by atoms with E-state index in [1.807, 2.05) is 26.0 Å². The van der Waals surface area contributed by atoms with E-state index in [-0.39, 0.29) is 12.0 Å². The number of hydrogen-bond donors (Lipinski definition) is 2. The van der Waals surface area contributed by atoms with Crippen LogP contribution in [0.3, 0.4) is 0 Å². The Balaban J connectivity index is 1.95. The van der Waals surface area contributed by atoms with E-state index in [1.165, 1.54) is 0 Å². The van der Waals surface area contributed by atoms with Gasteiger partial charge in [0.05, 0.1) is 24.3 Å². The number of nitrogen functional groups attached to an aromatic ring is 1. The van der Waals surface area contributed by atoms with Crippen LogP contribution in [0.15, 0.2) is 30.0 Å². The topological polar surface area (TPSA) is 110 Å². The first-order valence-electron chi connectivity index (χ1n) is 9.07. The average molecular weight is 428 g/mol. The first-order valence-corrected chi connectivity index (χ1v) is 11.4. The van der Waals surface area contributed by atoms with Crippen LogP contribution in [0.2, 0.25) is 0 Å². The lowest BCUT2D eigenvalue weighted by atomic mass is 9.75. The van der Waals surface area contributed by atoms with E-state index >= 15 is 0 Å². The Hall–Kier alpha value is -1.84. The number of nitrogens with zero attached hydrogens (tertiary/aromatic N) is 3. The molecule has 1 fully saturated rings. The van der Waals surface area contributed by atoms with Crippen molar-refractivity contribution < 1.29 is 13.2 Å². The SMILES string of the molecule is Cc1cc(N2CCCOC[C@@H]2C2(C)C=CC(NS(C)(=O)=O)=CC2Cl)nc(N)n1. The van der Waals surface area contributed by atoms with Gasteiger partial charge in [-0.15, -0.1) is 11.6 Å². The van der Waals surface area contributed by atoms with Gasteiger partial charge in [-0.2, -0.15) is 4.98 Å². The van der Waals surface area contributed by atoms with E-state index in [9.17, 15) is 8.42 Å². The van der Waals surface area contributed by atoms with Crippen molar-refractivity contribution in [3.63, 3.8) is 0 Å². The molecule has 1 aliphatic heterocycles. The fourth-order valence-electron chi connectivity index (χ4n) is 3.62. The lowest BCUT2D eigenvalue weighted by Crippen LogP contribution is -2.53. The second-order valence-electron chi connectivity index (χ2n) is 7.46. The maximum atomic E-state index is 11.5. The predicted octanol–water partition coefficient (Wildman–Crippen LogP) is 1.58. The fourth-order valence-corrected chi connectivity index (χ4v) is 4.54. The van der Waals surface area contributed by atoms with Crippen LogP contribution in [-0.2, 0) is 14.8 Å². The van der Waals surface area contributed by atoms with Gasteiger partial charge in [0.25, 0.3) is 0 Å². The summed E-state index contributed by atoms with van der Waals surface area (Å²) in [6, 6.07) is 1.79. The number of alkyl halides is 1. The lowest BCUT2D eigenvalue weighted by molar-refractivity contribution is 0.108. The van der Waals surface area contributed by atoms with Crippen molar-refractivity contribution in [2.24, 2.45) is 5.41 Å². The number of rotatable bonds is 4. The molecule has 0 bridgehead atoms. The summed E-state index contributed by atoms with van der Waals surface area (Å²) in [7, 11) is -3.37. The minimum atomic E-state index is -3.37. The van der Waals surface area contributed by atoms with Gasteiger partial charge < -0.3 is 15.4 Å². The van der Waals surface area contributed by atoms with Crippen LogP contribution in [0.1, 0.15) is 19.0 Å². The number of aryl methyl sites for hydroxylation is 1. The second kappa shape index (κ2) is 7.88. The highest BCUT2D eigenvalue weighted by Crippen LogP contribution is 2.41. The first kappa shape index (κ1) is 20.9. The van der Waals surface area contributed by atoms with E-state index < -0.39 is 20.8 Å². The maximum Gasteiger partial charge on any atom is 0.229 e. The van der Waals surface area contributed by atoms with Crippen LogP contribution in [0.4, 0.5) is 11.8 Å². The zero-order valence-electron chi connectivity index (χ0n) is 16.2. The number of ether oxygens (including phenoxy) is 1. The molecule has 0 radical (unpaired) electrons. The highest BCUT2D eigenvalue weighted by molar-refractivity contribution is 7.88. The molecule has 0 spiro atoms. The molecular formula is C18H26ClN5O3S. The maximum absolute atomic E-state index is 11.5. The first-order chi connectivity index (χ1) is 13.1. The zero-order chi connectivity index (χ0) is 20.5. The zero-order valence-corrected chi connectivity index (χ0v) is 17.8. The second-order valence-corrected chi connectivity index (χ2v) is 9.68. The molecule has 10 heteroatoms. The van der Waals surface area contributed by atoms with Gasteiger partial charge in [0, 0.05) is 36.0 Å². The number of anilines is 2. The summed E-state index contributed by atoms with van der Waals surface area (Å²) in [6.07, 6.45) is 7.39. The van der Waals surface area contributed by atoms with E-state index in [0.29, 0.717) is 18.9 Å². The number of hydrogen-bond acceptors (Lipinski definition) is 7. The summed E-state index contributed by atoms with van der Waals surface area (Å²) in [5.74, 6) is 0.966. The Labute approximate surface area is 170 Å². The molecule has 154 valence electrons. The van der Waals surface area contributed by atoms with Crippen molar-refractivity contribution in [2.45, 2.75) is 31.7 Å². The quantitative estimate of drug-likeness (QED) is 0.701. The molecule has 3 atom stereocenters. The van der Waals surface area contributed by atoms with Gasteiger partial charge in [0.1, 0.15) is 5.82 Å². The molecular weight excluding hydrogens is 402 g/mol. The fraction of sp³-hybridized carbons (Fsp3) is 0.556. The summed E-state index contributed by atoms with van der Waals surface area (Å²) in [5.41, 5.74) is 6.61. The van der Waals surface area contributed by atoms with Crippen LogP contribution in [-0.4, -0.2) is 55.8 Å². The standard InChI is InChI=1S/C18H26ClN5O3S/c1-12-9-16(22-17(20)21-12)24-7-4-8-27-11-15(24)18(2)6-5-13(10-14(18)19)23-28(3,25)26/h5-6,9-10,14-15,23H,4,7-8,11H2,1-3H3,(H2,20,21,22)/t14?,15-,18?/m1/s1. The number of sulfonamides is 1. The monoisotopic (exact) mass is 427 g/mol. The smallest absolute Gasteiger partial charge is 0.229 e. The number of nitrogens with one attached hydrogen (secondary N) is 1. The normalized spacial score (nSPS) is 28.6. The third-order valence-electron chi connectivity index (χ3n) is 5.06. The minimum Gasteiger partial charge on any atom is -0.379 e. The minimum absolute atomic E-state index is 0.113. The Bertz CT molecular complexity index is 884. The van der Waals surface area contributed by atoms with Crippen molar-refractivity contribution in [1.82, 2.24) is 14.7 Å². The van der Waals surface area contributed by atoms with E-state index in [2.05, 4.69) is 19.6 Å². The van der Waals surface area contributed by atoms with E-state index in [1.54, 1.807) is 12.2 Å². The molecule has 1 aliphatic carbocycles. The number of aromatic nitrogens is 2. The van der Waals surface area contributed by atoms with Crippen LogP contribution in [0, 0.1) is 12.3 Å². The summed E-state index contributed by atoms with van der Waals surface area (Å²) < 4.78 is 31.4. The van der Waals surface area contributed by atoms with Crippen molar-refractivity contribution >= 4 is 33.4 Å². The van der Waals surface area contributed by atoms with Gasteiger partial charge >= 0.3 is 0 Å².